The number of rotatable bonds is 3. The lowest BCUT2D eigenvalue weighted by Crippen LogP contribution is -2.05. The average Bonchev–Trinajstić information content (AvgIpc) is 3.13. The first-order valence-electron chi connectivity index (χ1n) is 9.54. The Balaban J connectivity index is 1.89. The molecule has 0 saturated carbocycles. The highest BCUT2D eigenvalue weighted by molar-refractivity contribution is 6.09. The zero-order valence-corrected chi connectivity index (χ0v) is 16.4. The Labute approximate surface area is 169 Å². The maximum Gasteiger partial charge on any atom is 0.342 e. The molecule has 0 fully saturated rings. The number of hydrogen-bond donors (Lipinski definition) is 0. The van der Waals surface area contributed by atoms with Crippen LogP contribution in [0.1, 0.15) is 34.0 Å². The molecule has 1 heterocycles. The maximum atomic E-state index is 12.7. The van der Waals surface area contributed by atoms with E-state index in [9.17, 15) is 4.79 Å². The fourth-order valence-corrected chi connectivity index (χ4v) is 3.28. The van der Waals surface area contributed by atoms with Gasteiger partial charge in [-0.3, -0.25) is 0 Å². The van der Waals surface area contributed by atoms with E-state index < -0.39 is 5.97 Å². The third-order valence-corrected chi connectivity index (χ3v) is 4.72. The van der Waals surface area contributed by atoms with Crippen molar-refractivity contribution in [2.24, 2.45) is 0 Å². The number of fused-ring (bicyclic) bond motifs is 1. The zero-order valence-electron chi connectivity index (χ0n) is 16.4. The molecule has 0 aliphatic rings. The van der Waals surface area contributed by atoms with Crippen molar-refractivity contribution in [1.29, 1.82) is 0 Å². The monoisotopic (exact) mass is 380 g/mol. The standard InChI is InChI=1S/C26H20O3/c1-3-28-26(27)24-22-14-8-9-15-23(22)29-25(24)21-13-7-6-12-20(21)17-16-19-11-5-4-10-18(19)2/h4-15H,3H2,1-2H3. The Morgan fingerprint density at radius 3 is 2.34 bits per heavy atom. The van der Waals surface area contributed by atoms with Crippen LogP contribution in [0.5, 0.6) is 0 Å². The van der Waals surface area contributed by atoms with Crippen molar-refractivity contribution in [3.8, 4) is 23.2 Å². The molecule has 0 radical (unpaired) electrons. The molecular formula is C26H20O3. The van der Waals surface area contributed by atoms with Crippen molar-refractivity contribution in [2.75, 3.05) is 6.61 Å². The highest BCUT2D eigenvalue weighted by atomic mass is 16.5. The van der Waals surface area contributed by atoms with Crippen LogP contribution < -0.4 is 0 Å². The quantitative estimate of drug-likeness (QED) is 0.324. The lowest BCUT2D eigenvalue weighted by Gasteiger charge is -2.05. The summed E-state index contributed by atoms with van der Waals surface area (Å²) in [5.41, 5.74) is 4.74. The molecule has 1 aromatic heterocycles. The number of para-hydroxylation sites is 1. The summed E-state index contributed by atoms with van der Waals surface area (Å²) in [6.07, 6.45) is 0. The first-order chi connectivity index (χ1) is 14.2. The summed E-state index contributed by atoms with van der Waals surface area (Å²) in [6, 6.07) is 23.2. The molecule has 0 aliphatic carbocycles. The van der Waals surface area contributed by atoms with E-state index >= 15 is 0 Å². The number of esters is 1. The molecule has 29 heavy (non-hydrogen) atoms. The summed E-state index contributed by atoms with van der Waals surface area (Å²) >= 11 is 0. The van der Waals surface area contributed by atoms with Crippen LogP contribution in [0, 0.1) is 18.8 Å². The molecule has 0 bridgehead atoms. The summed E-state index contributed by atoms with van der Waals surface area (Å²) in [5.74, 6) is 6.58. The Kier molecular flexibility index (Phi) is 5.18. The minimum absolute atomic E-state index is 0.298. The van der Waals surface area contributed by atoms with E-state index in [-0.39, 0.29) is 0 Å². The van der Waals surface area contributed by atoms with Crippen molar-refractivity contribution in [2.45, 2.75) is 13.8 Å². The molecule has 3 aromatic carbocycles. The maximum absolute atomic E-state index is 12.7. The van der Waals surface area contributed by atoms with Crippen molar-refractivity contribution in [1.82, 2.24) is 0 Å². The minimum Gasteiger partial charge on any atom is -0.462 e. The van der Waals surface area contributed by atoms with Crippen molar-refractivity contribution < 1.29 is 13.9 Å². The normalized spacial score (nSPS) is 10.4. The van der Waals surface area contributed by atoms with E-state index in [1.165, 1.54) is 0 Å². The molecule has 4 rings (SSSR count). The summed E-state index contributed by atoms with van der Waals surface area (Å²) in [7, 11) is 0. The molecule has 0 unspecified atom stereocenters. The van der Waals surface area contributed by atoms with Gasteiger partial charge in [-0.2, -0.15) is 0 Å². The molecule has 3 nitrogen and oxygen atoms in total. The molecule has 0 atom stereocenters. The average molecular weight is 380 g/mol. The molecule has 142 valence electrons. The Bertz CT molecular complexity index is 1250. The summed E-state index contributed by atoms with van der Waals surface area (Å²) in [4.78, 5) is 12.7. The summed E-state index contributed by atoms with van der Waals surface area (Å²) < 4.78 is 11.4. The number of carbonyl (C=O) groups is 1. The van der Waals surface area contributed by atoms with Crippen molar-refractivity contribution in [3.63, 3.8) is 0 Å². The van der Waals surface area contributed by atoms with Gasteiger partial charge in [0.05, 0.1) is 6.61 Å². The van der Waals surface area contributed by atoms with Gasteiger partial charge in [0.15, 0.2) is 5.76 Å². The van der Waals surface area contributed by atoms with E-state index in [2.05, 4.69) is 11.8 Å². The molecule has 0 N–H and O–H groups in total. The SMILES string of the molecule is CCOC(=O)c1c(-c2ccccc2C#Cc2ccccc2C)oc2ccccc12. The first-order valence-corrected chi connectivity index (χ1v) is 9.54. The first kappa shape index (κ1) is 18.6. The smallest absolute Gasteiger partial charge is 0.342 e. The molecule has 4 aromatic rings. The largest absolute Gasteiger partial charge is 0.462 e. The zero-order chi connectivity index (χ0) is 20.2. The third kappa shape index (κ3) is 3.66. The topological polar surface area (TPSA) is 39.4 Å². The van der Waals surface area contributed by atoms with E-state index in [1.54, 1.807) is 6.92 Å². The molecule has 0 spiro atoms. The van der Waals surface area contributed by atoms with Gasteiger partial charge in [0.25, 0.3) is 0 Å². The van der Waals surface area contributed by atoms with Gasteiger partial charge >= 0.3 is 5.97 Å². The minimum atomic E-state index is -0.394. The number of benzene rings is 3. The Morgan fingerprint density at radius 1 is 0.897 bits per heavy atom. The molecule has 3 heteroatoms. The van der Waals surface area contributed by atoms with Crippen molar-refractivity contribution in [3.05, 3.63) is 95.1 Å². The van der Waals surface area contributed by atoms with Crippen LogP contribution in [0.25, 0.3) is 22.3 Å². The lowest BCUT2D eigenvalue weighted by molar-refractivity contribution is 0.0529. The number of aryl methyl sites for hydroxylation is 1. The second-order valence-electron chi connectivity index (χ2n) is 6.63. The summed E-state index contributed by atoms with van der Waals surface area (Å²) in [5, 5.41) is 0.739. The van der Waals surface area contributed by atoms with E-state index in [0.29, 0.717) is 23.5 Å². The van der Waals surface area contributed by atoms with Gasteiger partial charge in [0.1, 0.15) is 11.1 Å². The van der Waals surface area contributed by atoms with Crippen LogP contribution in [0.4, 0.5) is 0 Å². The molecule has 0 saturated heterocycles. The highest BCUT2D eigenvalue weighted by Gasteiger charge is 2.24. The van der Waals surface area contributed by atoms with Gasteiger partial charge < -0.3 is 9.15 Å². The fraction of sp³-hybridized carbons (Fsp3) is 0.115. The van der Waals surface area contributed by atoms with Crippen LogP contribution >= 0.6 is 0 Å². The van der Waals surface area contributed by atoms with Crippen LogP contribution in [0.3, 0.4) is 0 Å². The Morgan fingerprint density at radius 2 is 1.55 bits per heavy atom. The lowest BCUT2D eigenvalue weighted by atomic mass is 10.0. The second kappa shape index (κ2) is 8.08. The van der Waals surface area contributed by atoms with Crippen molar-refractivity contribution >= 4 is 16.9 Å². The fourth-order valence-electron chi connectivity index (χ4n) is 3.28. The van der Waals surface area contributed by atoms with Gasteiger partial charge in [-0.1, -0.05) is 60.4 Å². The van der Waals surface area contributed by atoms with E-state index in [4.69, 9.17) is 9.15 Å². The highest BCUT2D eigenvalue weighted by Crippen LogP contribution is 2.35. The van der Waals surface area contributed by atoms with Gasteiger partial charge in [0.2, 0.25) is 0 Å². The van der Waals surface area contributed by atoms with Crippen LogP contribution in [-0.2, 0) is 4.74 Å². The Hall–Kier alpha value is -3.77. The van der Waals surface area contributed by atoms with Gasteiger partial charge in [-0.05, 0) is 43.7 Å². The third-order valence-electron chi connectivity index (χ3n) is 4.72. The molecule has 0 aliphatic heterocycles. The summed E-state index contributed by atoms with van der Waals surface area (Å²) in [6.45, 7) is 4.13. The van der Waals surface area contributed by atoms with E-state index in [1.807, 2.05) is 79.7 Å². The second-order valence-corrected chi connectivity index (χ2v) is 6.63. The van der Waals surface area contributed by atoms with Gasteiger partial charge in [0, 0.05) is 22.1 Å². The number of carbonyl (C=O) groups excluding carboxylic acids is 1. The molecule has 0 amide bonds. The van der Waals surface area contributed by atoms with Gasteiger partial charge in [-0.25, -0.2) is 4.79 Å². The van der Waals surface area contributed by atoms with Crippen LogP contribution in [-0.4, -0.2) is 12.6 Å². The number of hydrogen-bond acceptors (Lipinski definition) is 3. The number of furan rings is 1. The van der Waals surface area contributed by atoms with E-state index in [0.717, 1.165) is 27.6 Å². The van der Waals surface area contributed by atoms with Crippen LogP contribution in [0.15, 0.2) is 77.2 Å². The number of ether oxygens (including phenoxy) is 1. The van der Waals surface area contributed by atoms with Gasteiger partial charge in [-0.15, -0.1) is 0 Å². The predicted octanol–water partition coefficient (Wildman–Crippen LogP) is 5.98. The molecular weight excluding hydrogens is 360 g/mol. The van der Waals surface area contributed by atoms with Crippen LogP contribution in [0.2, 0.25) is 0 Å². The predicted molar refractivity (Wildman–Crippen MR) is 115 cm³/mol.